The highest BCUT2D eigenvalue weighted by molar-refractivity contribution is 7.97. The lowest BCUT2D eigenvalue weighted by molar-refractivity contribution is -0.384. The number of allylic oxidation sites excluding steroid dienone is 3. The number of non-ortho nitro benzene ring substituents is 1. The van der Waals surface area contributed by atoms with Gasteiger partial charge < -0.3 is 0 Å². The highest BCUT2D eigenvalue weighted by Gasteiger charge is 2.38. The molecule has 1 aromatic carbocycles. The van der Waals surface area contributed by atoms with Crippen LogP contribution in [0.3, 0.4) is 0 Å². The van der Waals surface area contributed by atoms with Crippen LogP contribution in [-0.4, -0.2) is 46.9 Å². The molecule has 5 nitrogen and oxygen atoms in total. The van der Waals surface area contributed by atoms with E-state index in [1.54, 1.807) is 24.1 Å². The summed E-state index contributed by atoms with van der Waals surface area (Å²) in [6, 6.07) is 6.90. The first kappa shape index (κ1) is 21.3. The molecule has 2 aliphatic heterocycles. The average Bonchev–Trinajstić information content (AvgIpc) is 3.54. The van der Waals surface area contributed by atoms with Gasteiger partial charge in [-0.25, -0.2) is 4.31 Å². The van der Waals surface area contributed by atoms with E-state index in [0.29, 0.717) is 0 Å². The van der Waals surface area contributed by atoms with E-state index in [2.05, 4.69) is 46.5 Å². The van der Waals surface area contributed by atoms with Gasteiger partial charge in [-0.1, -0.05) is 30.4 Å². The second-order valence-corrected chi connectivity index (χ2v) is 10.0. The molecule has 1 saturated carbocycles. The summed E-state index contributed by atoms with van der Waals surface area (Å²) in [6.45, 7) is 7.65. The number of nitro benzene ring substituents is 1. The molecule has 0 bridgehead atoms. The van der Waals surface area contributed by atoms with Crippen molar-refractivity contribution in [1.82, 2.24) is 9.21 Å². The van der Waals surface area contributed by atoms with Crippen LogP contribution in [0.1, 0.15) is 32.6 Å². The maximum Gasteiger partial charge on any atom is 0.269 e. The quantitative estimate of drug-likeness (QED) is 0.251. The molecule has 0 aromatic heterocycles. The number of rotatable bonds is 7. The van der Waals surface area contributed by atoms with E-state index >= 15 is 0 Å². The number of piperidine rings is 1. The van der Waals surface area contributed by atoms with Gasteiger partial charge in [-0.15, -0.1) is 0 Å². The summed E-state index contributed by atoms with van der Waals surface area (Å²) >= 11 is 1.72. The Bertz CT molecular complexity index is 835. The fraction of sp³-hybridized carbons (Fsp3) is 0.500. The fourth-order valence-corrected chi connectivity index (χ4v) is 5.45. The number of nitro groups is 1. The summed E-state index contributed by atoms with van der Waals surface area (Å²) < 4.78 is 2.41. The Balaban J connectivity index is 1.39. The Kier molecular flexibility index (Phi) is 6.76. The van der Waals surface area contributed by atoms with E-state index in [1.165, 1.54) is 31.5 Å². The van der Waals surface area contributed by atoms with Crippen molar-refractivity contribution in [2.24, 2.45) is 11.3 Å². The normalized spacial score (nSPS) is 22.8. The fourth-order valence-electron chi connectivity index (χ4n) is 4.53. The summed E-state index contributed by atoms with van der Waals surface area (Å²) in [5, 5.41) is 10.9. The van der Waals surface area contributed by atoms with Crippen LogP contribution < -0.4 is 0 Å². The largest absolute Gasteiger partial charge is 0.298 e. The van der Waals surface area contributed by atoms with Crippen LogP contribution in [0.15, 0.2) is 65.1 Å². The summed E-state index contributed by atoms with van der Waals surface area (Å²) in [7, 11) is 0. The Morgan fingerprint density at radius 3 is 2.57 bits per heavy atom. The molecule has 0 amide bonds. The van der Waals surface area contributed by atoms with Crippen LogP contribution >= 0.6 is 11.9 Å². The van der Waals surface area contributed by atoms with Crippen LogP contribution in [0.4, 0.5) is 5.69 Å². The third-order valence-electron chi connectivity index (χ3n) is 6.26. The molecule has 0 unspecified atom stereocenters. The monoisotopic (exact) mass is 425 g/mol. The maximum absolute atomic E-state index is 10.9. The van der Waals surface area contributed by atoms with Gasteiger partial charge >= 0.3 is 0 Å². The molecule has 0 N–H and O–H groups in total. The summed E-state index contributed by atoms with van der Waals surface area (Å²) in [5.41, 5.74) is 1.88. The van der Waals surface area contributed by atoms with E-state index in [0.717, 1.165) is 43.3 Å². The minimum Gasteiger partial charge on any atom is -0.298 e. The Morgan fingerprint density at radius 1 is 1.20 bits per heavy atom. The molecule has 1 spiro atoms. The number of benzene rings is 1. The summed E-state index contributed by atoms with van der Waals surface area (Å²) in [4.78, 5) is 14.3. The van der Waals surface area contributed by atoms with Crippen molar-refractivity contribution in [3.05, 3.63) is 70.3 Å². The predicted octanol–water partition coefficient (Wildman–Crippen LogP) is 5.47. The van der Waals surface area contributed by atoms with E-state index in [9.17, 15) is 10.1 Å². The lowest BCUT2D eigenvalue weighted by Gasteiger charge is -2.45. The van der Waals surface area contributed by atoms with Crippen LogP contribution in [-0.2, 0) is 0 Å². The zero-order chi connectivity index (χ0) is 21.0. The van der Waals surface area contributed by atoms with Crippen LogP contribution in [0.25, 0.3) is 0 Å². The molecule has 0 radical (unpaired) electrons. The molecular weight excluding hydrogens is 394 g/mol. The topological polar surface area (TPSA) is 49.6 Å². The molecule has 30 heavy (non-hydrogen) atoms. The molecular formula is C24H31N3O2S. The van der Waals surface area contributed by atoms with Crippen molar-refractivity contribution in [2.45, 2.75) is 37.5 Å². The lowest BCUT2D eigenvalue weighted by Crippen LogP contribution is -2.47. The molecule has 1 aromatic rings. The third-order valence-corrected chi connectivity index (χ3v) is 7.37. The van der Waals surface area contributed by atoms with Gasteiger partial charge in [0.15, 0.2) is 0 Å². The van der Waals surface area contributed by atoms with Crippen molar-refractivity contribution in [3.8, 4) is 0 Å². The third kappa shape index (κ3) is 5.62. The van der Waals surface area contributed by atoms with Gasteiger partial charge in [-0.05, 0) is 68.2 Å². The van der Waals surface area contributed by atoms with Gasteiger partial charge in [-0.3, -0.25) is 15.0 Å². The van der Waals surface area contributed by atoms with Crippen molar-refractivity contribution < 1.29 is 4.92 Å². The van der Waals surface area contributed by atoms with Gasteiger partial charge in [0.05, 0.1) is 4.92 Å². The number of hydrogen-bond acceptors (Lipinski definition) is 5. The molecule has 0 atom stereocenters. The predicted molar refractivity (Wildman–Crippen MR) is 123 cm³/mol. The van der Waals surface area contributed by atoms with Gasteiger partial charge in [0, 0.05) is 55.2 Å². The van der Waals surface area contributed by atoms with Gasteiger partial charge in [-0.2, -0.15) is 0 Å². The summed E-state index contributed by atoms with van der Waals surface area (Å²) in [6.07, 6.45) is 16.3. The van der Waals surface area contributed by atoms with Crippen molar-refractivity contribution in [2.75, 3.05) is 32.7 Å². The lowest BCUT2D eigenvalue weighted by atomic mass is 9.75. The highest BCUT2D eigenvalue weighted by atomic mass is 32.2. The van der Waals surface area contributed by atoms with E-state index in [1.807, 2.05) is 12.1 Å². The van der Waals surface area contributed by atoms with Crippen LogP contribution in [0.5, 0.6) is 0 Å². The molecule has 3 aliphatic rings. The van der Waals surface area contributed by atoms with Gasteiger partial charge in [0.2, 0.25) is 0 Å². The zero-order valence-electron chi connectivity index (χ0n) is 17.7. The second kappa shape index (κ2) is 9.50. The minimum atomic E-state index is -0.343. The van der Waals surface area contributed by atoms with E-state index in [-0.39, 0.29) is 16.0 Å². The highest BCUT2D eigenvalue weighted by Crippen LogP contribution is 2.42. The number of hydrogen-bond donors (Lipinski definition) is 0. The first-order valence-corrected chi connectivity index (χ1v) is 11.7. The molecule has 1 saturated heterocycles. The smallest absolute Gasteiger partial charge is 0.269 e. The first-order chi connectivity index (χ1) is 14.5. The second-order valence-electron chi connectivity index (χ2n) is 8.85. The molecule has 160 valence electrons. The average molecular weight is 426 g/mol. The zero-order valence-corrected chi connectivity index (χ0v) is 18.5. The van der Waals surface area contributed by atoms with E-state index < -0.39 is 0 Å². The van der Waals surface area contributed by atoms with Crippen LogP contribution in [0, 0.1) is 21.4 Å². The Morgan fingerprint density at radius 2 is 1.93 bits per heavy atom. The van der Waals surface area contributed by atoms with Gasteiger partial charge in [0.25, 0.3) is 5.69 Å². The summed E-state index contributed by atoms with van der Waals surface area (Å²) in [5.74, 6) is 0.915. The molecule has 2 fully saturated rings. The van der Waals surface area contributed by atoms with Crippen LogP contribution in [0.2, 0.25) is 0 Å². The maximum atomic E-state index is 10.9. The molecule has 1 aliphatic carbocycles. The molecule has 4 rings (SSSR count). The standard InChI is InChI=1S/C24H31N3O2S/c1-2-3-4-5-21-16-24(19-25(18-21)17-20-6-7-20)12-14-26(15-13-24)30-23-10-8-22(9-11-23)27(28)29/h2-5,8-11,16,20H,6-7,12-15,17-19H2,1H3/b3-2-,5-4-. The SMILES string of the molecule is C/C=C\C=C/C1=CC2(CCN(Sc3ccc([N+](=O)[O-])cc3)CC2)CN(CC2CC2)C1. The molecule has 2 heterocycles. The molecule has 6 heteroatoms. The van der Waals surface area contributed by atoms with Gasteiger partial charge in [0.1, 0.15) is 0 Å². The van der Waals surface area contributed by atoms with E-state index in [4.69, 9.17) is 0 Å². The Labute approximate surface area is 183 Å². The van der Waals surface area contributed by atoms with Crippen molar-refractivity contribution in [3.63, 3.8) is 0 Å². The first-order valence-electron chi connectivity index (χ1n) is 11.0. The van der Waals surface area contributed by atoms with Crippen molar-refractivity contribution >= 4 is 17.6 Å². The Hall–Kier alpha value is -1.89. The number of nitrogens with zero attached hydrogens (tertiary/aromatic N) is 3. The van der Waals surface area contributed by atoms with Crippen molar-refractivity contribution in [1.29, 1.82) is 0 Å². The minimum absolute atomic E-state index is 0.151.